The van der Waals surface area contributed by atoms with Crippen LogP contribution in [0.1, 0.15) is 42.9 Å². The lowest BCUT2D eigenvalue weighted by Crippen LogP contribution is -2.34. The molecule has 0 spiro atoms. The Bertz CT molecular complexity index is 884. The van der Waals surface area contributed by atoms with Crippen molar-refractivity contribution >= 4 is 10.0 Å². The summed E-state index contributed by atoms with van der Waals surface area (Å²) in [5, 5.41) is 8.93. The van der Waals surface area contributed by atoms with Gasteiger partial charge in [-0.15, -0.1) is 0 Å². The molecular weight excluding hydrogens is 348 g/mol. The van der Waals surface area contributed by atoms with Crippen LogP contribution in [0.25, 0.3) is 0 Å². The Balaban J connectivity index is 1.98. The zero-order valence-corrected chi connectivity index (χ0v) is 15.6. The van der Waals surface area contributed by atoms with Gasteiger partial charge in [-0.05, 0) is 54.8 Å². The van der Waals surface area contributed by atoms with Crippen LogP contribution in [0.4, 0.5) is 0 Å². The van der Waals surface area contributed by atoms with Crippen molar-refractivity contribution in [2.24, 2.45) is 0 Å². The van der Waals surface area contributed by atoms with Crippen LogP contribution >= 0.6 is 0 Å². The molecule has 26 heavy (non-hydrogen) atoms. The van der Waals surface area contributed by atoms with Gasteiger partial charge in [0.25, 0.3) is 0 Å². The van der Waals surface area contributed by atoms with Gasteiger partial charge in [0.2, 0.25) is 10.0 Å². The molecular formula is C20H22N2O3S. The first kappa shape index (κ1) is 18.4. The van der Waals surface area contributed by atoms with E-state index in [-0.39, 0.29) is 10.9 Å². The summed E-state index contributed by atoms with van der Waals surface area (Å²) in [6.07, 6.45) is 3.66. The third-order valence-electron chi connectivity index (χ3n) is 4.79. The van der Waals surface area contributed by atoms with Gasteiger partial charge in [0.05, 0.1) is 29.7 Å². The number of rotatable bonds is 4. The molecule has 0 aromatic heterocycles. The summed E-state index contributed by atoms with van der Waals surface area (Å²) < 4.78 is 33.4. The zero-order chi connectivity index (χ0) is 18.6. The van der Waals surface area contributed by atoms with Gasteiger partial charge in [-0.1, -0.05) is 25.0 Å². The third-order valence-corrected chi connectivity index (χ3v) is 6.72. The van der Waals surface area contributed by atoms with E-state index in [1.165, 1.54) is 12.1 Å². The van der Waals surface area contributed by atoms with Gasteiger partial charge in [-0.25, -0.2) is 8.42 Å². The number of hydrogen-bond acceptors (Lipinski definition) is 4. The highest BCUT2D eigenvalue weighted by atomic mass is 32.2. The monoisotopic (exact) mass is 370 g/mol. The summed E-state index contributed by atoms with van der Waals surface area (Å²) in [5.74, 6) is 0.754. The molecule has 1 fully saturated rings. The van der Waals surface area contributed by atoms with E-state index in [4.69, 9.17) is 10.00 Å². The maximum atomic E-state index is 13.3. The summed E-state index contributed by atoms with van der Waals surface area (Å²) in [5.41, 5.74) is 1.43. The Morgan fingerprint density at radius 1 is 1.04 bits per heavy atom. The number of sulfonamides is 1. The Morgan fingerprint density at radius 2 is 1.73 bits per heavy atom. The second-order valence-corrected chi connectivity index (χ2v) is 8.28. The van der Waals surface area contributed by atoms with Crippen LogP contribution in [0, 0.1) is 11.3 Å². The first-order chi connectivity index (χ1) is 12.6. The second kappa shape index (κ2) is 7.90. The lowest BCUT2D eigenvalue weighted by molar-refractivity contribution is 0.328. The molecule has 6 heteroatoms. The van der Waals surface area contributed by atoms with E-state index < -0.39 is 10.0 Å². The molecule has 0 N–H and O–H groups in total. The normalized spacial score (nSPS) is 18.7. The van der Waals surface area contributed by atoms with Crippen molar-refractivity contribution in [1.82, 2.24) is 4.31 Å². The Hall–Kier alpha value is -2.36. The van der Waals surface area contributed by atoms with Crippen LogP contribution in [0.5, 0.6) is 5.75 Å². The van der Waals surface area contributed by atoms with Crippen LogP contribution in [-0.4, -0.2) is 26.4 Å². The molecule has 1 heterocycles. The Morgan fingerprint density at radius 3 is 2.35 bits per heavy atom. The lowest BCUT2D eigenvalue weighted by Gasteiger charge is -2.29. The van der Waals surface area contributed by atoms with Crippen LogP contribution in [0.15, 0.2) is 53.4 Å². The molecule has 0 saturated carbocycles. The molecule has 2 aromatic rings. The average molecular weight is 370 g/mol. The molecule has 1 aliphatic rings. The van der Waals surface area contributed by atoms with Crippen LogP contribution in [-0.2, 0) is 10.0 Å². The molecule has 1 saturated heterocycles. The number of hydrogen-bond donors (Lipinski definition) is 0. The smallest absolute Gasteiger partial charge is 0.243 e. The minimum Gasteiger partial charge on any atom is -0.497 e. The molecule has 0 aliphatic carbocycles. The van der Waals surface area contributed by atoms with E-state index in [2.05, 4.69) is 0 Å². The SMILES string of the molecule is COc1ccc([C@H]2CCCCCN2S(=O)(=O)c2ccc(C#N)cc2)cc1. The van der Waals surface area contributed by atoms with Crippen molar-refractivity contribution in [3.8, 4) is 11.8 Å². The average Bonchev–Trinajstić information content (AvgIpc) is 2.95. The minimum atomic E-state index is -3.63. The summed E-state index contributed by atoms with van der Waals surface area (Å²) in [6, 6.07) is 15.6. The summed E-state index contributed by atoms with van der Waals surface area (Å²) in [7, 11) is -2.02. The van der Waals surface area contributed by atoms with Crippen molar-refractivity contribution < 1.29 is 13.2 Å². The molecule has 5 nitrogen and oxygen atoms in total. The predicted octanol–water partition coefficient (Wildman–Crippen LogP) is 3.87. The van der Waals surface area contributed by atoms with Gasteiger partial charge in [-0.2, -0.15) is 9.57 Å². The highest BCUT2D eigenvalue weighted by Crippen LogP contribution is 2.35. The van der Waals surface area contributed by atoms with Gasteiger partial charge in [0.1, 0.15) is 5.75 Å². The Kier molecular flexibility index (Phi) is 5.60. The van der Waals surface area contributed by atoms with E-state index in [1.54, 1.807) is 23.5 Å². The number of ether oxygens (including phenoxy) is 1. The fraction of sp³-hybridized carbons (Fsp3) is 0.350. The predicted molar refractivity (Wildman–Crippen MR) is 99.3 cm³/mol. The second-order valence-electron chi connectivity index (χ2n) is 6.39. The van der Waals surface area contributed by atoms with Crippen LogP contribution < -0.4 is 4.74 Å². The number of nitrogens with zero attached hydrogens (tertiary/aromatic N) is 2. The summed E-state index contributed by atoms with van der Waals surface area (Å²) in [6.45, 7) is 0.499. The van der Waals surface area contributed by atoms with E-state index in [9.17, 15) is 8.42 Å². The highest BCUT2D eigenvalue weighted by molar-refractivity contribution is 7.89. The van der Waals surface area contributed by atoms with E-state index in [1.807, 2.05) is 30.3 Å². The van der Waals surface area contributed by atoms with Crippen LogP contribution in [0.3, 0.4) is 0 Å². The first-order valence-corrected chi connectivity index (χ1v) is 10.2. The maximum Gasteiger partial charge on any atom is 0.243 e. The summed E-state index contributed by atoms with van der Waals surface area (Å²) >= 11 is 0. The molecule has 0 unspecified atom stereocenters. The molecule has 3 rings (SSSR count). The number of nitriles is 1. The third kappa shape index (κ3) is 3.74. The van der Waals surface area contributed by atoms with E-state index >= 15 is 0 Å². The molecule has 0 bridgehead atoms. The van der Waals surface area contributed by atoms with Crippen molar-refractivity contribution in [3.05, 3.63) is 59.7 Å². The van der Waals surface area contributed by atoms with Crippen molar-refractivity contribution in [3.63, 3.8) is 0 Å². The van der Waals surface area contributed by atoms with E-state index in [0.29, 0.717) is 12.1 Å². The number of benzene rings is 2. The quantitative estimate of drug-likeness (QED) is 0.819. The van der Waals surface area contributed by atoms with Gasteiger partial charge >= 0.3 is 0 Å². The first-order valence-electron chi connectivity index (χ1n) is 8.72. The number of methoxy groups -OCH3 is 1. The van der Waals surface area contributed by atoms with Gasteiger partial charge in [-0.3, -0.25) is 0 Å². The van der Waals surface area contributed by atoms with Gasteiger partial charge in [0, 0.05) is 6.54 Å². The standard InChI is InChI=1S/C20H22N2O3S/c1-25-18-10-8-17(9-11-18)20-5-3-2-4-14-22(20)26(23,24)19-12-6-16(15-21)7-13-19/h6-13,20H,2-5,14H2,1H3/t20-/m1/s1. The molecule has 0 amide bonds. The highest BCUT2D eigenvalue weighted by Gasteiger charge is 2.33. The lowest BCUT2D eigenvalue weighted by atomic mass is 10.0. The van der Waals surface area contributed by atoms with E-state index in [0.717, 1.165) is 37.0 Å². The fourth-order valence-electron chi connectivity index (χ4n) is 3.37. The maximum absolute atomic E-state index is 13.3. The van der Waals surface area contributed by atoms with Crippen molar-refractivity contribution in [2.45, 2.75) is 36.6 Å². The fourth-order valence-corrected chi connectivity index (χ4v) is 5.05. The molecule has 0 radical (unpaired) electrons. The van der Waals surface area contributed by atoms with Gasteiger partial charge in [0.15, 0.2) is 0 Å². The molecule has 1 atom stereocenters. The summed E-state index contributed by atoms with van der Waals surface area (Å²) in [4.78, 5) is 0.233. The molecule has 136 valence electrons. The zero-order valence-electron chi connectivity index (χ0n) is 14.8. The topological polar surface area (TPSA) is 70.4 Å². The molecule has 1 aliphatic heterocycles. The minimum absolute atomic E-state index is 0.191. The molecule has 2 aromatic carbocycles. The van der Waals surface area contributed by atoms with Crippen molar-refractivity contribution in [2.75, 3.05) is 13.7 Å². The Labute approximate surface area is 154 Å². The van der Waals surface area contributed by atoms with Gasteiger partial charge < -0.3 is 4.74 Å². The largest absolute Gasteiger partial charge is 0.497 e. The van der Waals surface area contributed by atoms with Crippen LogP contribution in [0.2, 0.25) is 0 Å². The van der Waals surface area contributed by atoms with Crippen molar-refractivity contribution in [1.29, 1.82) is 5.26 Å².